The minimum absolute atomic E-state index is 0.00963. The normalized spacial score (nSPS) is 12.4. The lowest BCUT2D eigenvalue weighted by molar-refractivity contribution is 0.508. The maximum absolute atomic E-state index is 14.3. The molecule has 2 heteroatoms. The lowest BCUT2D eigenvalue weighted by Gasteiger charge is -2.21. The summed E-state index contributed by atoms with van der Waals surface area (Å²) in [5, 5.41) is 3.42. The summed E-state index contributed by atoms with van der Waals surface area (Å²) in [6, 6.07) is 11.8. The average molecular weight is 285 g/mol. The Hall–Kier alpha value is -1.67. The smallest absolute Gasteiger partial charge is 0.128 e. The highest BCUT2D eigenvalue weighted by atomic mass is 19.1. The Kier molecular flexibility index (Phi) is 5.13. The summed E-state index contributed by atoms with van der Waals surface area (Å²) >= 11 is 0. The minimum Gasteiger partial charge on any atom is -0.310 e. The first-order valence-corrected chi connectivity index (χ1v) is 7.57. The molecule has 0 saturated heterocycles. The molecule has 0 heterocycles. The van der Waals surface area contributed by atoms with Gasteiger partial charge >= 0.3 is 0 Å². The van der Waals surface area contributed by atoms with E-state index in [0.29, 0.717) is 0 Å². The summed E-state index contributed by atoms with van der Waals surface area (Å²) in [7, 11) is 0. The van der Waals surface area contributed by atoms with E-state index in [2.05, 4.69) is 44.3 Å². The predicted octanol–water partition coefficient (Wildman–Crippen LogP) is 4.64. The molecule has 1 unspecified atom stereocenters. The fourth-order valence-electron chi connectivity index (χ4n) is 2.83. The molecule has 1 nitrogen and oxygen atoms in total. The second-order valence-corrected chi connectivity index (χ2v) is 5.71. The highest BCUT2D eigenvalue weighted by Crippen LogP contribution is 2.25. The van der Waals surface area contributed by atoms with Crippen molar-refractivity contribution < 1.29 is 4.39 Å². The van der Waals surface area contributed by atoms with Crippen molar-refractivity contribution in [1.29, 1.82) is 0 Å². The fourth-order valence-corrected chi connectivity index (χ4v) is 2.83. The number of nitrogens with one attached hydrogen (secondary N) is 1. The zero-order valence-corrected chi connectivity index (χ0v) is 13.3. The topological polar surface area (TPSA) is 12.0 Å². The van der Waals surface area contributed by atoms with Gasteiger partial charge in [-0.15, -0.1) is 0 Å². The number of aryl methyl sites for hydroxylation is 3. The van der Waals surface area contributed by atoms with Gasteiger partial charge in [0.1, 0.15) is 5.82 Å². The Labute approximate surface area is 127 Å². The third-order valence-corrected chi connectivity index (χ3v) is 4.03. The van der Waals surface area contributed by atoms with E-state index in [1.165, 1.54) is 16.7 Å². The van der Waals surface area contributed by atoms with Gasteiger partial charge in [0.2, 0.25) is 0 Å². The van der Waals surface area contributed by atoms with E-state index in [1.807, 2.05) is 19.1 Å². The van der Waals surface area contributed by atoms with Crippen molar-refractivity contribution in [1.82, 2.24) is 5.32 Å². The third kappa shape index (κ3) is 3.70. The van der Waals surface area contributed by atoms with Crippen LogP contribution in [0.25, 0.3) is 0 Å². The van der Waals surface area contributed by atoms with E-state index in [9.17, 15) is 4.39 Å². The van der Waals surface area contributed by atoms with Crippen LogP contribution in [-0.4, -0.2) is 6.54 Å². The molecule has 2 aromatic carbocycles. The lowest BCUT2D eigenvalue weighted by Crippen LogP contribution is -2.24. The summed E-state index contributed by atoms with van der Waals surface area (Å²) in [6.07, 6.45) is 0.812. The van der Waals surface area contributed by atoms with Crippen LogP contribution in [0.4, 0.5) is 4.39 Å². The number of likely N-dealkylation sites (N-methyl/N-ethyl adjacent to an activating group) is 1. The Morgan fingerprint density at radius 2 is 1.71 bits per heavy atom. The van der Waals surface area contributed by atoms with Crippen molar-refractivity contribution in [2.75, 3.05) is 6.54 Å². The number of hydrogen-bond donors (Lipinski definition) is 1. The summed E-state index contributed by atoms with van der Waals surface area (Å²) in [5.74, 6) is -0.118. The van der Waals surface area contributed by atoms with Crippen molar-refractivity contribution in [3.05, 3.63) is 70.0 Å². The van der Waals surface area contributed by atoms with Gasteiger partial charge < -0.3 is 5.32 Å². The highest BCUT2D eigenvalue weighted by molar-refractivity contribution is 5.36. The van der Waals surface area contributed by atoms with Crippen LogP contribution in [0.3, 0.4) is 0 Å². The lowest BCUT2D eigenvalue weighted by atomic mass is 9.92. The molecular formula is C19H24FN. The van der Waals surface area contributed by atoms with Gasteiger partial charge in [0.05, 0.1) is 0 Å². The molecule has 0 radical (unpaired) electrons. The van der Waals surface area contributed by atoms with Gasteiger partial charge in [0.15, 0.2) is 0 Å². The van der Waals surface area contributed by atoms with Crippen LogP contribution in [0.5, 0.6) is 0 Å². The number of benzene rings is 2. The molecule has 0 aliphatic heterocycles. The van der Waals surface area contributed by atoms with Gasteiger partial charge in [-0.1, -0.05) is 37.3 Å². The van der Waals surface area contributed by atoms with E-state index in [4.69, 9.17) is 0 Å². The predicted molar refractivity (Wildman–Crippen MR) is 87.2 cm³/mol. The Bertz CT molecular complexity index is 599. The Balaban J connectivity index is 2.35. The largest absolute Gasteiger partial charge is 0.310 e. The zero-order chi connectivity index (χ0) is 15.4. The van der Waals surface area contributed by atoms with Crippen LogP contribution in [0.1, 0.15) is 40.8 Å². The fraction of sp³-hybridized carbons (Fsp3) is 0.368. The molecule has 2 rings (SSSR count). The van der Waals surface area contributed by atoms with Gasteiger partial charge in [0.25, 0.3) is 0 Å². The molecule has 21 heavy (non-hydrogen) atoms. The zero-order valence-electron chi connectivity index (χ0n) is 13.3. The first-order valence-electron chi connectivity index (χ1n) is 7.57. The minimum atomic E-state index is -0.118. The first kappa shape index (κ1) is 15.7. The van der Waals surface area contributed by atoms with Crippen molar-refractivity contribution in [3.63, 3.8) is 0 Å². The van der Waals surface area contributed by atoms with Gasteiger partial charge in [-0.25, -0.2) is 4.39 Å². The van der Waals surface area contributed by atoms with Crippen LogP contribution in [0.15, 0.2) is 36.4 Å². The van der Waals surface area contributed by atoms with E-state index in [1.54, 1.807) is 6.07 Å². The molecule has 0 aliphatic carbocycles. The second kappa shape index (κ2) is 6.86. The van der Waals surface area contributed by atoms with E-state index < -0.39 is 0 Å². The molecule has 0 bridgehead atoms. The summed E-state index contributed by atoms with van der Waals surface area (Å²) in [6.45, 7) is 9.04. The molecular weight excluding hydrogens is 261 g/mol. The molecule has 0 saturated carbocycles. The summed E-state index contributed by atoms with van der Waals surface area (Å²) in [4.78, 5) is 0. The monoisotopic (exact) mass is 285 g/mol. The molecule has 0 fully saturated rings. The van der Waals surface area contributed by atoms with Crippen molar-refractivity contribution in [2.45, 2.75) is 40.2 Å². The van der Waals surface area contributed by atoms with Crippen LogP contribution >= 0.6 is 0 Å². The van der Waals surface area contributed by atoms with Gasteiger partial charge in [-0.3, -0.25) is 0 Å². The molecule has 2 aromatic rings. The molecule has 0 aliphatic rings. The van der Waals surface area contributed by atoms with Crippen molar-refractivity contribution in [3.8, 4) is 0 Å². The second-order valence-electron chi connectivity index (χ2n) is 5.71. The standard InChI is InChI=1S/C19H24FN/c1-5-21-19(16-10-9-13(2)11-18(16)20)12-17-14(3)7-6-8-15(17)4/h6-11,19,21H,5,12H2,1-4H3. The average Bonchev–Trinajstić information content (AvgIpc) is 2.42. The van der Waals surface area contributed by atoms with Crippen molar-refractivity contribution >= 4 is 0 Å². The molecule has 1 atom stereocenters. The first-order chi connectivity index (χ1) is 10.0. The Morgan fingerprint density at radius 3 is 2.29 bits per heavy atom. The van der Waals surface area contributed by atoms with Gasteiger partial charge in [0, 0.05) is 11.6 Å². The molecule has 0 aromatic heterocycles. The number of rotatable bonds is 5. The van der Waals surface area contributed by atoms with E-state index >= 15 is 0 Å². The molecule has 1 N–H and O–H groups in total. The maximum Gasteiger partial charge on any atom is 0.128 e. The van der Waals surface area contributed by atoms with Crippen LogP contribution < -0.4 is 5.32 Å². The van der Waals surface area contributed by atoms with Gasteiger partial charge in [-0.2, -0.15) is 0 Å². The quantitative estimate of drug-likeness (QED) is 0.843. The van der Waals surface area contributed by atoms with Crippen LogP contribution in [0, 0.1) is 26.6 Å². The maximum atomic E-state index is 14.3. The van der Waals surface area contributed by atoms with Crippen LogP contribution in [-0.2, 0) is 6.42 Å². The summed E-state index contributed by atoms with van der Waals surface area (Å²) < 4.78 is 14.3. The van der Waals surface area contributed by atoms with E-state index in [-0.39, 0.29) is 11.9 Å². The SMILES string of the molecule is CCNC(Cc1c(C)cccc1C)c1ccc(C)cc1F. The molecule has 112 valence electrons. The Morgan fingerprint density at radius 1 is 1.05 bits per heavy atom. The molecule has 0 spiro atoms. The number of halogens is 1. The summed E-state index contributed by atoms with van der Waals surface area (Å²) in [5.41, 5.74) is 5.56. The molecule has 0 amide bonds. The van der Waals surface area contributed by atoms with Crippen molar-refractivity contribution in [2.24, 2.45) is 0 Å². The highest BCUT2D eigenvalue weighted by Gasteiger charge is 2.17. The third-order valence-electron chi connectivity index (χ3n) is 4.03. The van der Waals surface area contributed by atoms with Gasteiger partial charge in [-0.05, 0) is 62.1 Å². The van der Waals surface area contributed by atoms with E-state index in [0.717, 1.165) is 24.1 Å². The number of hydrogen-bond acceptors (Lipinski definition) is 1. The van der Waals surface area contributed by atoms with Crippen LogP contribution in [0.2, 0.25) is 0 Å².